The van der Waals surface area contributed by atoms with Gasteiger partial charge in [-0.15, -0.1) is 11.3 Å². The topological polar surface area (TPSA) is 40.6 Å². The third kappa shape index (κ3) is 3.86. The number of nitrogens with zero attached hydrogens (tertiary/aromatic N) is 1. The Morgan fingerprint density at radius 3 is 2.15 bits per heavy atom. The molecule has 4 nitrogen and oxygen atoms in total. The van der Waals surface area contributed by atoms with Gasteiger partial charge in [0.1, 0.15) is 10.8 Å². The molecule has 1 aromatic heterocycles. The van der Waals surface area contributed by atoms with Gasteiger partial charge < -0.3 is 14.2 Å². The highest BCUT2D eigenvalue weighted by atomic mass is 32.1. The van der Waals surface area contributed by atoms with Crippen LogP contribution in [0.1, 0.15) is 10.6 Å². The first kappa shape index (κ1) is 17.9. The number of hydrogen-bond donors (Lipinski definition) is 0. The van der Waals surface area contributed by atoms with E-state index in [-0.39, 0.29) is 5.82 Å². The number of ether oxygens (including phenoxy) is 3. The van der Waals surface area contributed by atoms with Crippen LogP contribution >= 0.6 is 11.3 Å². The zero-order valence-electron chi connectivity index (χ0n) is 14.7. The van der Waals surface area contributed by atoms with Crippen LogP contribution in [0.3, 0.4) is 0 Å². The summed E-state index contributed by atoms with van der Waals surface area (Å²) >= 11 is 1.52. The summed E-state index contributed by atoms with van der Waals surface area (Å²) in [4.78, 5) is 4.57. The molecule has 26 heavy (non-hydrogen) atoms. The molecule has 0 N–H and O–H groups in total. The molecule has 0 aliphatic rings. The second kappa shape index (κ2) is 8.01. The maximum atomic E-state index is 13.0. The first-order valence-corrected chi connectivity index (χ1v) is 8.72. The number of methoxy groups -OCH3 is 3. The second-order valence-electron chi connectivity index (χ2n) is 5.37. The summed E-state index contributed by atoms with van der Waals surface area (Å²) in [5, 5.41) is 2.79. The number of thiazole rings is 1. The first-order valence-electron chi connectivity index (χ1n) is 7.84. The SMILES string of the molecule is COc1cc(/C=C/c2nc(-c3ccc(F)cc3)cs2)cc(OC)c1OC. The first-order chi connectivity index (χ1) is 12.6. The highest BCUT2D eigenvalue weighted by molar-refractivity contribution is 7.10. The summed E-state index contributed by atoms with van der Waals surface area (Å²) in [5.41, 5.74) is 2.60. The maximum Gasteiger partial charge on any atom is 0.203 e. The number of rotatable bonds is 6. The molecule has 134 valence electrons. The number of halogens is 1. The fraction of sp³-hybridized carbons (Fsp3) is 0.150. The molecule has 6 heteroatoms. The molecular weight excluding hydrogens is 353 g/mol. The van der Waals surface area contributed by atoms with Gasteiger partial charge in [-0.25, -0.2) is 9.37 Å². The van der Waals surface area contributed by atoms with Crippen LogP contribution in [0.15, 0.2) is 41.8 Å². The Kier molecular flexibility index (Phi) is 5.53. The van der Waals surface area contributed by atoms with Crippen LogP contribution in [-0.2, 0) is 0 Å². The van der Waals surface area contributed by atoms with Gasteiger partial charge in [0.15, 0.2) is 11.5 Å². The third-order valence-electron chi connectivity index (χ3n) is 3.77. The van der Waals surface area contributed by atoms with Gasteiger partial charge in [-0.2, -0.15) is 0 Å². The van der Waals surface area contributed by atoms with Crippen LogP contribution in [0.2, 0.25) is 0 Å². The lowest BCUT2D eigenvalue weighted by Crippen LogP contribution is -1.95. The summed E-state index contributed by atoms with van der Waals surface area (Å²) < 4.78 is 29.1. The van der Waals surface area contributed by atoms with E-state index in [0.29, 0.717) is 17.2 Å². The zero-order valence-corrected chi connectivity index (χ0v) is 15.5. The van der Waals surface area contributed by atoms with Crippen molar-refractivity contribution in [1.82, 2.24) is 4.98 Å². The van der Waals surface area contributed by atoms with Crippen LogP contribution in [0.5, 0.6) is 17.2 Å². The van der Waals surface area contributed by atoms with Crippen molar-refractivity contribution in [2.75, 3.05) is 21.3 Å². The lowest BCUT2D eigenvalue weighted by Gasteiger charge is -2.12. The molecular formula is C20H18FNO3S. The van der Waals surface area contributed by atoms with Gasteiger partial charge in [-0.05, 0) is 48.0 Å². The van der Waals surface area contributed by atoms with E-state index in [1.807, 2.05) is 29.7 Å². The normalized spacial score (nSPS) is 10.9. The summed E-state index contributed by atoms with van der Waals surface area (Å²) in [6.07, 6.45) is 3.84. The van der Waals surface area contributed by atoms with Crippen LogP contribution < -0.4 is 14.2 Å². The Hall–Kier alpha value is -2.86. The van der Waals surface area contributed by atoms with Gasteiger partial charge >= 0.3 is 0 Å². The average molecular weight is 371 g/mol. The molecule has 0 amide bonds. The molecule has 3 rings (SSSR count). The van der Waals surface area contributed by atoms with Crippen LogP contribution in [-0.4, -0.2) is 26.3 Å². The number of hydrogen-bond acceptors (Lipinski definition) is 5. The molecule has 0 atom stereocenters. The fourth-order valence-corrected chi connectivity index (χ4v) is 3.20. The van der Waals surface area contributed by atoms with Gasteiger partial charge in [0.05, 0.1) is 27.0 Å². The summed E-state index contributed by atoms with van der Waals surface area (Å²) in [6.45, 7) is 0. The maximum absolute atomic E-state index is 13.0. The largest absolute Gasteiger partial charge is 0.493 e. The zero-order chi connectivity index (χ0) is 18.5. The Morgan fingerprint density at radius 1 is 0.923 bits per heavy atom. The van der Waals surface area contributed by atoms with Crippen LogP contribution in [0.4, 0.5) is 4.39 Å². The van der Waals surface area contributed by atoms with E-state index in [9.17, 15) is 4.39 Å². The van der Waals surface area contributed by atoms with Gasteiger partial charge in [0.2, 0.25) is 5.75 Å². The quantitative estimate of drug-likeness (QED) is 0.601. The van der Waals surface area contributed by atoms with Gasteiger partial charge in [-0.1, -0.05) is 6.08 Å². The second-order valence-corrected chi connectivity index (χ2v) is 6.26. The lowest BCUT2D eigenvalue weighted by atomic mass is 10.1. The predicted octanol–water partition coefficient (Wildman–Crippen LogP) is 5.15. The highest BCUT2D eigenvalue weighted by Crippen LogP contribution is 2.38. The van der Waals surface area contributed by atoms with Crippen LogP contribution in [0.25, 0.3) is 23.4 Å². The molecule has 1 heterocycles. The van der Waals surface area contributed by atoms with E-state index in [2.05, 4.69) is 4.98 Å². The molecule has 0 aliphatic heterocycles. The minimum atomic E-state index is -0.258. The van der Waals surface area contributed by atoms with E-state index in [1.54, 1.807) is 33.5 Å². The summed E-state index contributed by atoms with van der Waals surface area (Å²) in [5.74, 6) is 1.49. The minimum Gasteiger partial charge on any atom is -0.493 e. The number of aromatic nitrogens is 1. The molecule has 2 aromatic carbocycles. The Balaban J connectivity index is 1.85. The van der Waals surface area contributed by atoms with Crippen molar-refractivity contribution < 1.29 is 18.6 Å². The van der Waals surface area contributed by atoms with E-state index < -0.39 is 0 Å². The van der Waals surface area contributed by atoms with Crippen molar-refractivity contribution in [3.8, 4) is 28.5 Å². The van der Waals surface area contributed by atoms with E-state index in [0.717, 1.165) is 21.8 Å². The van der Waals surface area contributed by atoms with Crippen molar-refractivity contribution in [2.45, 2.75) is 0 Å². The Labute approximate surface area is 155 Å². The summed E-state index contributed by atoms with van der Waals surface area (Å²) in [6, 6.07) is 10.0. The van der Waals surface area contributed by atoms with Crippen molar-refractivity contribution in [1.29, 1.82) is 0 Å². The predicted molar refractivity (Wildman–Crippen MR) is 103 cm³/mol. The van der Waals surface area contributed by atoms with E-state index in [1.165, 1.54) is 23.5 Å². The monoisotopic (exact) mass is 371 g/mol. The van der Waals surface area contributed by atoms with Crippen LogP contribution in [0, 0.1) is 5.82 Å². The molecule has 0 saturated carbocycles. The highest BCUT2D eigenvalue weighted by Gasteiger charge is 2.12. The molecule has 0 bridgehead atoms. The number of benzene rings is 2. The van der Waals surface area contributed by atoms with E-state index in [4.69, 9.17) is 14.2 Å². The molecule has 0 spiro atoms. The standard InChI is InChI=1S/C20H18FNO3S/c1-23-17-10-13(11-18(24-2)20(17)25-3)4-9-19-22-16(12-26-19)14-5-7-15(21)8-6-14/h4-12H,1-3H3/b9-4+. The van der Waals surface area contributed by atoms with E-state index >= 15 is 0 Å². The fourth-order valence-electron chi connectivity index (χ4n) is 2.48. The Bertz CT molecular complexity index is 894. The molecule has 0 radical (unpaired) electrons. The van der Waals surface area contributed by atoms with Crippen molar-refractivity contribution in [2.24, 2.45) is 0 Å². The van der Waals surface area contributed by atoms with Crippen molar-refractivity contribution >= 4 is 23.5 Å². The Morgan fingerprint density at radius 2 is 1.58 bits per heavy atom. The molecule has 0 fully saturated rings. The average Bonchev–Trinajstić information content (AvgIpc) is 3.15. The van der Waals surface area contributed by atoms with Crippen molar-refractivity contribution in [3.05, 3.63) is 58.2 Å². The van der Waals surface area contributed by atoms with Crippen molar-refractivity contribution in [3.63, 3.8) is 0 Å². The molecule has 0 unspecified atom stereocenters. The van der Waals surface area contributed by atoms with Gasteiger partial charge in [0, 0.05) is 10.9 Å². The molecule has 0 saturated heterocycles. The smallest absolute Gasteiger partial charge is 0.203 e. The van der Waals surface area contributed by atoms with Gasteiger partial charge in [0.25, 0.3) is 0 Å². The summed E-state index contributed by atoms with van der Waals surface area (Å²) in [7, 11) is 4.74. The molecule has 0 aliphatic carbocycles. The lowest BCUT2D eigenvalue weighted by molar-refractivity contribution is 0.324. The third-order valence-corrected chi connectivity index (χ3v) is 4.58. The molecule has 3 aromatic rings. The van der Waals surface area contributed by atoms with Gasteiger partial charge in [-0.3, -0.25) is 0 Å². The minimum absolute atomic E-state index is 0.258.